The van der Waals surface area contributed by atoms with E-state index < -0.39 is 9.84 Å². The number of hydrogen-bond donors (Lipinski definition) is 1. The molecule has 1 aliphatic carbocycles. The van der Waals surface area contributed by atoms with Gasteiger partial charge in [-0.25, -0.2) is 8.42 Å². The summed E-state index contributed by atoms with van der Waals surface area (Å²) in [4.78, 5) is 18.7. The maximum absolute atomic E-state index is 12.0. The highest BCUT2D eigenvalue weighted by atomic mass is 35.5. The molecule has 144 valence electrons. The molecule has 3 fully saturated rings. The number of carbonyl (C=O) groups is 1. The number of oxazole rings is 1. The Morgan fingerprint density at radius 3 is 2.78 bits per heavy atom. The number of sulfone groups is 1. The molecule has 1 N–H and O–H groups in total. The van der Waals surface area contributed by atoms with Crippen molar-refractivity contribution in [3.05, 3.63) is 23.2 Å². The van der Waals surface area contributed by atoms with Crippen molar-refractivity contribution in [2.45, 2.75) is 25.3 Å². The zero-order chi connectivity index (χ0) is 18.8. The van der Waals surface area contributed by atoms with Crippen molar-refractivity contribution in [2.75, 3.05) is 29.5 Å². The lowest BCUT2D eigenvalue weighted by atomic mass is 9.60. The highest BCUT2D eigenvalue weighted by molar-refractivity contribution is 7.92. The van der Waals surface area contributed by atoms with Crippen molar-refractivity contribution in [1.29, 1.82) is 0 Å². The molecule has 2 aliphatic heterocycles. The third-order valence-corrected chi connectivity index (χ3v) is 8.03. The van der Waals surface area contributed by atoms with Crippen LogP contribution in [0.5, 0.6) is 0 Å². The van der Waals surface area contributed by atoms with Gasteiger partial charge in [0.05, 0.1) is 11.5 Å². The number of fused-ring (bicyclic) bond motifs is 1. The number of carbonyl (C=O) groups excluding carboxylic acids is 1. The SMILES string of the molecule is O=C(CC1CS(=O)(=O)C1)NC1CC2(C1)CN(c1nc3cc(Cl)ccc3o1)C2. The van der Waals surface area contributed by atoms with E-state index in [1.165, 1.54) is 0 Å². The predicted molar refractivity (Wildman–Crippen MR) is 102 cm³/mol. The van der Waals surface area contributed by atoms with Crippen LogP contribution in [0.2, 0.25) is 5.02 Å². The molecule has 7 nitrogen and oxygen atoms in total. The van der Waals surface area contributed by atoms with Crippen LogP contribution in [-0.2, 0) is 14.6 Å². The van der Waals surface area contributed by atoms with E-state index in [0.717, 1.165) is 37.0 Å². The third kappa shape index (κ3) is 3.18. The van der Waals surface area contributed by atoms with Crippen LogP contribution >= 0.6 is 11.6 Å². The zero-order valence-electron chi connectivity index (χ0n) is 14.7. The largest absolute Gasteiger partial charge is 0.423 e. The third-order valence-electron chi connectivity index (χ3n) is 5.84. The van der Waals surface area contributed by atoms with E-state index in [-0.39, 0.29) is 34.8 Å². The molecule has 1 aromatic heterocycles. The number of halogens is 1. The van der Waals surface area contributed by atoms with E-state index >= 15 is 0 Å². The normalized spacial score (nSPS) is 25.7. The minimum absolute atomic E-state index is 0.00380. The van der Waals surface area contributed by atoms with Gasteiger partial charge in [0.2, 0.25) is 5.91 Å². The molecule has 1 saturated carbocycles. The molecule has 5 rings (SSSR count). The Balaban J connectivity index is 1.10. The van der Waals surface area contributed by atoms with Gasteiger partial charge in [-0.3, -0.25) is 4.79 Å². The molecule has 0 unspecified atom stereocenters. The molecule has 3 aliphatic rings. The minimum Gasteiger partial charge on any atom is -0.423 e. The van der Waals surface area contributed by atoms with E-state index in [1.54, 1.807) is 12.1 Å². The van der Waals surface area contributed by atoms with Crippen LogP contribution in [0.3, 0.4) is 0 Å². The monoisotopic (exact) mass is 409 g/mol. The number of nitrogens with one attached hydrogen (secondary N) is 1. The second-order valence-corrected chi connectivity index (χ2v) is 10.9. The fourth-order valence-corrected chi connectivity index (χ4v) is 6.35. The number of aromatic nitrogens is 1. The number of hydrogen-bond acceptors (Lipinski definition) is 6. The van der Waals surface area contributed by atoms with Gasteiger partial charge in [-0.1, -0.05) is 11.6 Å². The number of benzene rings is 1. The quantitative estimate of drug-likeness (QED) is 0.830. The van der Waals surface area contributed by atoms with Crippen LogP contribution < -0.4 is 10.2 Å². The lowest BCUT2D eigenvalue weighted by Gasteiger charge is -2.58. The van der Waals surface area contributed by atoms with Gasteiger partial charge in [0.25, 0.3) is 6.01 Å². The van der Waals surface area contributed by atoms with Gasteiger partial charge >= 0.3 is 0 Å². The van der Waals surface area contributed by atoms with Gasteiger partial charge in [0, 0.05) is 36.0 Å². The van der Waals surface area contributed by atoms with E-state index in [9.17, 15) is 13.2 Å². The van der Waals surface area contributed by atoms with Crippen molar-refractivity contribution < 1.29 is 17.6 Å². The molecule has 3 heterocycles. The fraction of sp³-hybridized carbons (Fsp3) is 0.556. The van der Waals surface area contributed by atoms with Crippen molar-refractivity contribution in [2.24, 2.45) is 11.3 Å². The zero-order valence-corrected chi connectivity index (χ0v) is 16.2. The Hall–Kier alpha value is -1.80. The van der Waals surface area contributed by atoms with E-state index in [1.807, 2.05) is 6.07 Å². The first-order valence-corrected chi connectivity index (χ1v) is 11.3. The van der Waals surface area contributed by atoms with Crippen LogP contribution in [-0.4, -0.2) is 49.9 Å². The average molecular weight is 410 g/mol. The molecule has 0 atom stereocenters. The highest BCUT2D eigenvalue weighted by Crippen LogP contribution is 2.49. The summed E-state index contributed by atoms with van der Waals surface area (Å²) in [7, 11) is -2.86. The standard InChI is InChI=1S/C18H20ClN3O4S/c19-12-1-2-15-14(4-12)21-17(26-15)22-9-18(10-22)5-13(6-18)20-16(23)3-11-7-27(24,25)8-11/h1-2,4,11,13H,3,5-10H2,(H,20,23). The second-order valence-electron chi connectivity index (χ2n) is 8.28. The number of anilines is 1. The van der Waals surface area contributed by atoms with Crippen molar-refractivity contribution >= 4 is 44.5 Å². The molecule has 27 heavy (non-hydrogen) atoms. The van der Waals surface area contributed by atoms with Gasteiger partial charge in [-0.2, -0.15) is 4.98 Å². The van der Waals surface area contributed by atoms with Crippen molar-refractivity contribution in [1.82, 2.24) is 10.3 Å². The second kappa shape index (κ2) is 5.85. The summed E-state index contributed by atoms with van der Waals surface area (Å²) in [6.07, 6.45) is 2.22. The average Bonchev–Trinajstić information content (AvgIpc) is 2.88. The summed E-state index contributed by atoms with van der Waals surface area (Å²) < 4.78 is 28.1. The molecule has 1 aromatic carbocycles. The minimum atomic E-state index is -2.86. The van der Waals surface area contributed by atoms with Gasteiger partial charge < -0.3 is 14.6 Å². The first-order valence-electron chi connectivity index (χ1n) is 9.10. The molecule has 2 saturated heterocycles. The summed E-state index contributed by atoms with van der Waals surface area (Å²) >= 11 is 5.99. The number of amides is 1. The summed E-state index contributed by atoms with van der Waals surface area (Å²) in [5, 5.41) is 3.68. The molecular weight excluding hydrogens is 390 g/mol. The Morgan fingerprint density at radius 2 is 2.07 bits per heavy atom. The lowest BCUT2D eigenvalue weighted by molar-refractivity contribution is -0.124. The van der Waals surface area contributed by atoms with Crippen LogP contribution in [0.25, 0.3) is 11.1 Å². The fourth-order valence-electron chi connectivity index (χ4n) is 4.60. The first kappa shape index (κ1) is 17.3. The van der Waals surface area contributed by atoms with Crippen molar-refractivity contribution in [3.63, 3.8) is 0 Å². The van der Waals surface area contributed by atoms with Gasteiger partial charge in [0.15, 0.2) is 15.4 Å². The summed E-state index contributed by atoms with van der Waals surface area (Å²) in [5.74, 6) is 0.275. The molecule has 0 radical (unpaired) electrons. The van der Waals surface area contributed by atoms with Crippen LogP contribution in [0, 0.1) is 11.3 Å². The van der Waals surface area contributed by atoms with E-state index in [0.29, 0.717) is 17.5 Å². The molecule has 1 spiro atoms. The molecule has 1 amide bonds. The first-order chi connectivity index (χ1) is 12.8. The summed E-state index contributed by atoms with van der Waals surface area (Å²) in [5.41, 5.74) is 1.72. The topological polar surface area (TPSA) is 92.5 Å². The van der Waals surface area contributed by atoms with Crippen LogP contribution in [0.4, 0.5) is 6.01 Å². The lowest BCUT2D eigenvalue weighted by Crippen LogP contribution is -2.66. The van der Waals surface area contributed by atoms with Gasteiger partial charge in [-0.05, 0) is 37.0 Å². The maximum Gasteiger partial charge on any atom is 0.298 e. The van der Waals surface area contributed by atoms with Crippen LogP contribution in [0.1, 0.15) is 19.3 Å². The molecular formula is C18H20ClN3O4S. The van der Waals surface area contributed by atoms with Crippen molar-refractivity contribution in [3.8, 4) is 0 Å². The summed E-state index contributed by atoms with van der Waals surface area (Å²) in [6, 6.07) is 6.22. The molecule has 0 bridgehead atoms. The molecule has 2 aromatic rings. The Bertz CT molecular complexity index is 1010. The Kier molecular flexibility index (Phi) is 3.75. The summed E-state index contributed by atoms with van der Waals surface area (Å²) in [6.45, 7) is 1.75. The van der Waals surface area contributed by atoms with Gasteiger partial charge in [0.1, 0.15) is 5.52 Å². The highest BCUT2D eigenvalue weighted by Gasteiger charge is 2.54. The smallest absolute Gasteiger partial charge is 0.298 e. The van der Waals surface area contributed by atoms with E-state index in [2.05, 4.69) is 15.2 Å². The molecule has 9 heteroatoms. The number of rotatable bonds is 4. The predicted octanol–water partition coefficient (Wildman–Crippen LogP) is 2.00. The van der Waals surface area contributed by atoms with Gasteiger partial charge in [-0.15, -0.1) is 0 Å². The van der Waals surface area contributed by atoms with Crippen LogP contribution in [0.15, 0.2) is 22.6 Å². The Morgan fingerprint density at radius 1 is 1.33 bits per heavy atom. The number of nitrogens with zero attached hydrogens (tertiary/aromatic N) is 2. The Labute approximate surface area is 162 Å². The maximum atomic E-state index is 12.0. The van der Waals surface area contributed by atoms with E-state index in [4.69, 9.17) is 16.0 Å².